The maximum absolute atomic E-state index is 13.6. The molecule has 1 heterocycles. The molecule has 0 fully saturated rings. The van der Waals surface area contributed by atoms with Gasteiger partial charge in [-0.1, -0.05) is 43.3 Å². The van der Waals surface area contributed by atoms with Crippen LogP contribution in [0.25, 0.3) is 6.08 Å². The highest BCUT2D eigenvalue weighted by Crippen LogP contribution is 2.39. The first kappa shape index (κ1) is 33.3. The van der Waals surface area contributed by atoms with E-state index in [0.717, 1.165) is 29.7 Å². The summed E-state index contributed by atoms with van der Waals surface area (Å²) in [7, 11) is 3.02. The van der Waals surface area contributed by atoms with Crippen molar-refractivity contribution in [1.29, 1.82) is 5.26 Å². The number of para-hydroxylation sites is 1. The number of nitrogens with one attached hydrogen (secondary N) is 3. The second-order valence-electron chi connectivity index (χ2n) is 10.9. The molecular weight excluding hydrogens is 633 g/mol. The zero-order chi connectivity index (χ0) is 33.3. The summed E-state index contributed by atoms with van der Waals surface area (Å²) in [6.07, 6.45) is 4.36. The van der Waals surface area contributed by atoms with E-state index in [4.69, 9.17) is 9.47 Å². The summed E-state index contributed by atoms with van der Waals surface area (Å²) < 4.78 is 10.9. The molecule has 0 bridgehead atoms. The first-order valence-electron chi connectivity index (χ1n) is 15.0. The Morgan fingerprint density at radius 3 is 2.55 bits per heavy atom. The second kappa shape index (κ2) is 15.5. The van der Waals surface area contributed by atoms with Crippen molar-refractivity contribution in [3.63, 3.8) is 0 Å². The normalized spacial score (nSPS) is 13.9. The monoisotopic (exact) mass is 666 g/mol. The number of benzene rings is 3. The van der Waals surface area contributed by atoms with E-state index in [9.17, 15) is 19.6 Å². The molecule has 3 amide bonds. The summed E-state index contributed by atoms with van der Waals surface area (Å²) in [5.74, 6) is 0.342. The van der Waals surface area contributed by atoms with Gasteiger partial charge in [-0.05, 0) is 73.2 Å². The standard InChI is InChI=1S/C36H34N4O5S2/c1-22-15-16-27-28(20-37)36(47-31(27)17-22)40-32(41)21-46-26-13-8-12-25(19-26)38-35(43)29(39-34(42)23-9-5-4-6-10-23)18-24-11-7-14-30(44-2)33(24)45-3/h4-14,18-19,22H,15-17,21H2,1-3H3,(H,38,43)(H,39,42)(H,40,41)/b29-18+. The van der Waals surface area contributed by atoms with Crippen LogP contribution in [0.2, 0.25) is 0 Å². The third kappa shape index (κ3) is 8.22. The fraction of sp³-hybridized carbons (Fsp3) is 0.222. The van der Waals surface area contributed by atoms with Crippen molar-refractivity contribution in [1.82, 2.24) is 5.32 Å². The van der Waals surface area contributed by atoms with Crippen molar-refractivity contribution in [2.24, 2.45) is 5.92 Å². The fourth-order valence-corrected chi connectivity index (χ4v) is 7.39. The maximum Gasteiger partial charge on any atom is 0.272 e. The minimum Gasteiger partial charge on any atom is -0.493 e. The van der Waals surface area contributed by atoms with Gasteiger partial charge in [0.15, 0.2) is 11.5 Å². The Labute approximate surface area is 282 Å². The van der Waals surface area contributed by atoms with Crippen molar-refractivity contribution < 1.29 is 23.9 Å². The lowest BCUT2D eigenvalue weighted by atomic mass is 9.89. The van der Waals surface area contributed by atoms with E-state index in [2.05, 4.69) is 28.9 Å². The highest BCUT2D eigenvalue weighted by atomic mass is 32.2. The summed E-state index contributed by atoms with van der Waals surface area (Å²) in [5.41, 5.74) is 3.03. The Morgan fingerprint density at radius 2 is 1.81 bits per heavy atom. The molecule has 1 atom stereocenters. The Bertz CT molecular complexity index is 1860. The van der Waals surface area contributed by atoms with Crippen molar-refractivity contribution in [3.05, 3.63) is 106 Å². The van der Waals surface area contributed by atoms with Crippen molar-refractivity contribution in [3.8, 4) is 17.6 Å². The van der Waals surface area contributed by atoms with Crippen LogP contribution in [0.5, 0.6) is 11.5 Å². The highest BCUT2D eigenvalue weighted by molar-refractivity contribution is 8.00. The van der Waals surface area contributed by atoms with Gasteiger partial charge in [0.2, 0.25) is 5.91 Å². The molecule has 1 aliphatic carbocycles. The number of ether oxygens (including phenoxy) is 2. The van der Waals surface area contributed by atoms with Crippen LogP contribution in [-0.4, -0.2) is 37.7 Å². The summed E-state index contributed by atoms with van der Waals surface area (Å²) in [4.78, 5) is 41.5. The molecule has 240 valence electrons. The number of carbonyl (C=O) groups excluding carboxylic acids is 3. The van der Waals surface area contributed by atoms with E-state index in [1.807, 2.05) is 6.07 Å². The molecule has 47 heavy (non-hydrogen) atoms. The molecular formula is C36H34N4O5S2. The molecule has 1 aliphatic rings. The number of anilines is 2. The molecule has 3 aromatic carbocycles. The van der Waals surface area contributed by atoms with Gasteiger partial charge in [0.05, 0.1) is 25.5 Å². The quantitative estimate of drug-likeness (QED) is 0.117. The van der Waals surface area contributed by atoms with Gasteiger partial charge in [0.25, 0.3) is 11.8 Å². The highest BCUT2D eigenvalue weighted by Gasteiger charge is 2.25. The number of fused-ring (bicyclic) bond motifs is 1. The lowest BCUT2D eigenvalue weighted by molar-refractivity contribution is -0.114. The van der Waals surface area contributed by atoms with E-state index < -0.39 is 11.8 Å². The van der Waals surface area contributed by atoms with Crippen LogP contribution < -0.4 is 25.4 Å². The van der Waals surface area contributed by atoms with Crippen LogP contribution in [0.15, 0.2) is 83.4 Å². The molecule has 1 unspecified atom stereocenters. The molecule has 0 saturated heterocycles. The van der Waals surface area contributed by atoms with Gasteiger partial charge in [0, 0.05) is 26.6 Å². The average molecular weight is 667 g/mol. The fourth-order valence-electron chi connectivity index (χ4n) is 5.25. The van der Waals surface area contributed by atoms with Crippen LogP contribution in [-0.2, 0) is 22.4 Å². The zero-order valence-corrected chi connectivity index (χ0v) is 27.8. The smallest absolute Gasteiger partial charge is 0.272 e. The van der Waals surface area contributed by atoms with Crippen LogP contribution in [0, 0.1) is 17.2 Å². The average Bonchev–Trinajstić information content (AvgIpc) is 3.42. The largest absolute Gasteiger partial charge is 0.493 e. The summed E-state index contributed by atoms with van der Waals surface area (Å²) >= 11 is 2.81. The number of thiophene rings is 1. The third-order valence-corrected chi connectivity index (χ3v) is 9.76. The van der Waals surface area contributed by atoms with Crippen molar-refractivity contribution in [2.75, 3.05) is 30.6 Å². The number of thioether (sulfide) groups is 1. The van der Waals surface area contributed by atoms with E-state index in [1.54, 1.807) is 66.7 Å². The minimum absolute atomic E-state index is 0.0100. The van der Waals surface area contributed by atoms with Crippen LogP contribution in [0.3, 0.4) is 0 Å². The Hall–Kier alpha value is -5.05. The molecule has 0 spiro atoms. The Morgan fingerprint density at radius 1 is 1.02 bits per heavy atom. The molecule has 1 aromatic heterocycles. The number of carbonyl (C=O) groups is 3. The van der Waals surface area contributed by atoms with E-state index >= 15 is 0 Å². The topological polar surface area (TPSA) is 130 Å². The Kier molecular flexibility index (Phi) is 11.0. The molecule has 0 aliphatic heterocycles. The first-order valence-corrected chi connectivity index (χ1v) is 16.8. The number of hydrogen-bond acceptors (Lipinski definition) is 8. The number of rotatable bonds is 11. The minimum atomic E-state index is -0.556. The predicted octanol–water partition coefficient (Wildman–Crippen LogP) is 6.90. The van der Waals surface area contributed by atoms with E-state index in [-0.39, 0.29) is 17.4 Å². The van der Waals surface area contributed by atoms with Gasteiger partial charge in [-0.2, -0.15) is 5.26 Å². The number of amides is 3. The SMILES string of the molecule is COc1cccc(/C=C(/NC(=O)c2ccccc2)C(=O)Nc2cccc(SCC(=O)Nc3sc4c(c3C#N)CCC(C)C4)c2)c1OC. The number of hydrogen-bond donors (Lipinski definition) is 3. The second-order valence-corrected chi connectivity index (χ2v) is 13.1. The summed E-state index contributed by atoms with van der Waals surface area (Å²) in [6, 6.07) is 23.2. The molecule has 3 N–H and O–H groups in total. The van der Waals surface area contributed by atoms with Crippen LogP contribution in [0.4, 0.5) is 10.7 Å². The lowest BCUT2D eigenvalue weighted by Gasteiger charge is -2.17. The van der Waals surface area contributed by atoms with Gasteiger partial charge in [-0.25, -0.2) is 0 Å². The van der Waals surface area contributed by atoms with Crippen LogP contribution in [0.1, 0.15) is 45.3 Å². The molecule has 9 nitrogen and oxygen atoms in total. The maximum atomic E-state index is 13.6. The van der Waals surface area contributed by atoms with Crippen molar-refractivity contribution >= 4 is 57.6 Å². The Balaban J connectivity index is 1.30. The predicted molar refractivity (Wildman–Crippen MR) is 186 cm³/mol. The molecule has 0 saturated carbocycles. The zero-order valence-electron chi connectivity index (χ0n) is 26.2. The van der Waals surface area contributed by atoms with Gasteiger partial charge in [0.1, 0.15) is 16.8 Å². The van der Waals surface area contributed by atoms with Gasteiger partial charge < -0.3 is 25.4 Å². The van der Waals surface area contributed by atoms with Gasteiger partial charge in [-0.3, -0.25) is 14.4 Å². The summed E-state index contributed by atoms with van der Waals surface area (Å²) in [5, 5.41) is 18.9. The number of methoxy groups -OCH3 is 2. The van der Waals surface area contributed by atoms with Crippen LogP contribution >= 0.6 is 23.1 Å². The molecule has 0 radical (unpaired) electrons. The third-order valence-electron chi connectivity index (χ3n) is 7.60. The van der Waals surface area contributed by atoms with Gasteiger partial charge >= 0.3 is 0 Å². The van der Waals surface area contributed by atoms with E-state index in [0.29, 0.717) is 44.8 Å². The molecule has 4 aromatic rings. The molecule has 5 rings (SSSR count). The van der Waals surface area contributed by atoms with Gasteiger partial charge in [-0.15, -0.1) is 23.1 Å². The lowest BCUT2D eigenvalue weighted by Crippen LogP contribution is -2.30. The number of nitrogens with zero attached hydrogens (tertiary/aromatic N) is 1. The van der Waals surface area contributed by atoms with Crippen molar-refractivity contribution in [2.45, 2.75) is 31.1 Å². The first-order chi connectivity index (χ1) is 22.8. The van der Waals surface area contributed by atoms with E-state index in [1.165, 1.54) is 48.3 Å². The summed E-state index contributed by atoms with van der Waals surface area (Å²) in [6.45, 7) is 2.20. The molecule has 11 heteroatoms. The number of nitriles is 1.